The van der Waals surface area contributed by atoms with Crippen LogP contribution >= 0.6 is 0 Å². The lowest BCUT2D eigenvalue weighted by Gasteiger charge is -2.31. The normalized spacial score (nSPS) is 23.3. The second kappa shape index (κ2) is 11.6. The Balaban J connectivity index is 0.00000117. The summed E-state index contributed by atoms with van der Waals surface area (Å²) >= 11 is -1.87. The second-order valence-electron chi connectivity index (χ2n) is 9.28. The number of hydrogen-bond acceptors (Lipinski definition) is 2. The predicted molar refractivity (Wildman–Crippen MR) is 121 cm³/mol. The molecule has 3 aliphatic carbocycles. The monoisotopic (exact) mass is 420 g/mol. The summed E-state index contributed by atoms with van der Waals surface area (Å²) < 4.78 is 22.8. The summed E-state index contributed by atoms with van der Waals surface area (Å²) in [5, 5.41) is 7.00. The van der Waals surface area contributed by atoms with E-state index in [1.54, 1.807) is 0 Å². The summed E-state index contributed by atoms with van der Waals surface area (Å²) in [4.78, 5) is 0.813. The summed E-state index contributed by atoms with van der Waals surface area (Å²) in [5.74, 6) is 1.66. The van der Waals surface area contributed by atoms with E-state index in [1.807, 2.05) is 0 Å². The zero-order valence-electron chi connectivity index (χ0n) is 18.2. The van der Waals surface area contributed by atoms with Gasteiger partial charge >= 0.3 is 0 Å². The van der Waals surface area contributed by atoms with Gasteiger partial charge < -0.3 is 9.66 Å². The van der Waals surface area contributed by atoms with Gasteiger partial charge in [0.15, 0.2) is 11.1 Å². The van der Waals surface area contributed by atoms with Crippen molar-refractivity contribution in [3.63, 3.8) is 0 Å². The van der Waals surface area contributed by atoms with E-state index in [0.29, 0.717) is 17.8 Å². The zero-order valence-corrected chi connectivity index (χ0v) is 19.0. The third kappa shape index (κ3) is 5.71. The molecule has 164 valence electrons. The van der Waals surface area contributed by atoms with Gasteiger partial charge in [0.1, 0.15) is 0 Å². The minimum absolute atomic E-state index is 0.496. The van der Waals surface area contributed by atoms with Gasteiger partial charge in [-0.15, -0.1) is 0 Å². The molecule has 3 fully saturated rings. The summed E-state index contributed by atoms with van der Waals surface area (Å²) in [5.41, 5.74) is 3.99. The lowest BCUT2D eigenvalue weighted by Crippen LogP contribution is -2.16. The van der Waals surface area contributed by atoms with Crippen LogP contribution in [0.1, 0.15) is 131 Å². The average molecular weight is 421 g/mol. The van der Waals surface area contributed by atoms with Gasteiger partial charge in [0, 0.05) is 7.11 Å². The van der Waals surface area contributed by atoms with Crippen LogP contribution in [0.2, 0.25) is 0 Å². The fourth-order valence-electron chi connectivity index (χ4n) is 6.01. The van der Waals surface area contributed by atoms with Gasteiger partial charge in [-0.05, 0) is 73.0 Å². The number of rotatable bonds is 4. The maximum Gasteiger partial charge on any atom is 0.187 e. The van der Waals surface area contributed by atoms with E-state index in [9.17, 15) is 8.76 Å². The van der Waals surface area contributed by atoms with Gasteiger partial charge in [0.25, 0.3) is 0 Å². The summed E-state index contributed by atoms with van der Waals surface area (Å²) in [6, 6.07) is 4.75. The first-order valence-corrected chi connectivity index (χ1v) is 13.1. The van der Waals surface area contributed by atoms with Crippen LogP contribution in [0.15, 0.2) is 17.0 Å². The van der Waals surface area contributed by atoms with E-state index in [2.05, 4.69) is 12.1 Å². The van der Waals surface area contributed by atoms with E-state index in [0.717, 1.165) is 12.0 Å². The van der Waals surface area contributed by atoms with Crippen molar-refractivity contribution in [3.05, 3.63) is 28.8 Å². The highest BCUT2D eigenvalue weighted by atomic mass is 32.2. The molecule has 3 saturated carbocycles. The molecule has 0 heterocycles. The number of aliphatic hydroxyl groups excluding tert-OH is 1. The van der Waals surface area contributed by atoms with Crippen molar-refractivity contribution in [1.29, 1.82) is 0 Å². The summed E-state index contributed by atoms with van der Waals surface area (Å²) in [6.07, 6.45) is 19.2. The molecular weight excluding hydrogens is 380 g/mol. The van der Waals surface area contributed by atoms with Crippen molar-refractivity contribution in [2.45, 2.75) is 119 Å². The molecule has 0 aromatic heterocycles. The molecule has 1 atom stereocenters. The molecule has 0 amide bonds. The maximum absolute atomic E-state index is 12.5. The SMILES string of the molecule is CO.O=S(O)c1c(C2CCCCC2)cc(C2CCCCC2)cc1C1CCCCC1. The topological polar surface area (TPSA) is 57.5 Å². The van der Waals surface area contributed by atoms with Crippen molar-refractivity contribution in [2.24, 2.45) is 0 Å². The first-order valence-electron chi connectivity index (χ1n) is 12.0. The molecule has 1 unspecified atom stereocenters. The number of benzene rings is 1. The van der Waals surface area contributed by atoms with Gasteiger partial charge in [-0.1, -0.05) is 69.9 Å². The van der Waals surface area contributed by atoms with E-state index in [1.165, 1.54) is 113 Å². The minimum Gasteiger partial charge on any atom is -0.400 e. The van der Waals surface area contributed by atoms with Crippen LogP contribution in [0, 0.1) is 0 Å². The minimum atomic E-state index is -1.87. The molecule has 29 heavy (non-hydrogen) atoms. The fourth-order valence-corrected chi connectivity index (χ4v) is 6.86. The lowest BCUT2D eigenvalue weighted by molar-refractivity contribution is 0.399. The fraction of sp³-hybridized carbons (Fsp3) is 0.760. The predicted octanol–water partition coefficient (Wildman–Crippen LogP) is 7.02. The van der Waals surface area contributed by atoms with Gasteiger partial charge in [0.05, 0.1) is 4.90 Å². The Kier molecular flexibility index (Phi) is 9.20. The molecule has 0 spiro atoms. The molecule has 0 aliphatic heterocycles. The third-order valence-corrected chi connectivity index (χ3v) is 8.33. The first-order chi connectivity index (χ1) is 14.2. The van der Waals surface area contributed by atoms with Crippen molar-refractivity contribution >= 4 is 11.1 Å². The third-order valence-electron chi connectivity index (χ3n) is 7.51. The Morgan fingerprint density at radius 2 is 1.00 bits per heavy atom. The van der Waals surface area contributed by atoms with Crippen LogP contribution < -0.4 is 0 Å². The molecule has 4 heteroatoms. The molecule has 1 aromatic rings. The van der Waals surface area contributed by atoms with Gasteiger partial charge in [-0.25, -0.2) is 4.21 Å². The van der Waals surface area contributed by atoms with Gasteiger partial charge in [0.2, 0.25) is 0 Å². The van der Waals surface area contributed by atoms with Gasteiger partial charge in [-0.2, -0.15) is 0 Å². The molecular formula is C25H40O3S. The van der Waals surface area contributed by atoms with Crippen LogP contribution in [0.3, 0.4) is 0 Å². The van der Waals surface area contributed by atoms with E-state index in [-0.39, 0.29) is 0 Å². The largest absolute Gasteiger partial charge is 0.400 e. The van der Waals surface area contributed by atoms with E-state index < -0.39 is 11.1 Å². The molecule has 0 radical (unpaired) electrons. The van der Waals surface area contributed by atoms with Crippen LogP contribution in [-0.2, 0) is 11.1 Å². The van der Waals surface area contributed by atoms with Crippen LogP contribution in [0.25, 0.3) is 0 Å². The Hall–Kier alpha value is -0.710. The molecule has 4 rings (SSSR count). The molecule has 3 aliphatic rings. The first kappa shape index (κ1) is 23.0. The molecule has 3 nitrogen and oxygen atoms in total. The summed E-state index contributed by atoms with van der Waals surface area (Å²) in [6.45, 7) is 0. The Morgan fingerprint density at radius 3 is 1.34 bits per heavy atom. The molecule has 2 N–H and O–H groups in total. The summed E-state index contributed by atoms with van der Waals surface area (Å²) in [7, 11) is 1.00. The Labute approximate surface area is 180 Å². The highest BCUT2D eigenvalue weighted by Gasteiger charge is 2.29. The van der Waals surface area contributed by atoms with Crippen LogP contribution in [0.5, 0.6) is 0 Å². The molecule has 0 saturated heterocycles. The van der Waals surface area contributed by atoms with Crippen LogP contribution in [-0.4, -0.2) is 21.0 Å². The van der Waals surface area contributed by atoms with Gasteiger partial charge in [-0.3, -0.25) is 0 Å². The highest BCUT2D eigenvalue weighted by Crippen LogP contribution is 2.44. The van der Waals surface area contributed by atoms with Crippen molar-refractivity contribution in [3.8, 4) is 0 Å². The van der Waals surface area contributed by atoms with Crippen molar-refractivity contribution < 1.29 is 13.9 Å². The zero-order chi connectivity index (χ0) is 20.6. The molecule has 0 bridgehead atoms. The second-order valence-corrected chi connectivity index (χ2v) is 10.2. The average Bonchev–Trinajstić information content (AvgIpc) is 2.81. The smallest absolute Gasteiger partial charge is 0.187 e. The standard InChI is InChI=1S/C24H36O2S.CH4O/c25-27(26)24-22(19-12-6-2-7-13-19)16-21(18-10-4-1-5-11-18)17-23(24)20-14-8-3-9-15-20;1-2/h16-20H,1-15H2,(H,25,26);2H,1H3. The number of aliphatic hydroxyl groups is 1. The van der Waals surface area contributed by atoms with Crippen molar-refractivity contribution in [1.82, 2.24) is 0 Å². The van der Waals surface area contributed by atoms with Crippen LogP contribution in [0.4, 0.5) is 0 Å². The maximum atomic E-state index is 12.5. The Bertz CT molecular complexity index is 615. The Morgan fingerprint density at radius 1 is 0.655 bits per heavy atom. The molecule has 1 aromatic carbocycles. The van der Waals surface area contributed by atoms with E-state index in [4.69, 9.17) is 5.11 Å². The number of hydrogen-bond donors (Lipinski definition) is 2. The lowest BCUT2D eigenvalue weighted by atomic mass is 9.76. The van der Waals surface area contributed by atoms with E-state index >= 15 is 0 Å². The van der Waals surface area contributed by atoms with Crippen molar-refractivity contribution in [2.75, 3.05) is 7.11 Å². The quantitative estimate of drug-likeness (QED) is 0.515. The highest BCUT2D eigenvalue weighted by molar-refractivity contribution is 7.79.